The summed E-state index contributed by atoms with van der Waals surface area (Å²) >= 11 is 0. The maximum Gasteiger partial charge on any atom is 0.220 e. The van der Waals surface area contributed by atoms with E-state index in [4.69, 9.17) is 0 Å². The molecule has 1 aliphatic heterocycles. The second-order valence-corrected chi connectivity index (χ2v) is 7.35. The minimum absolute atomic E-state index is 0.0112. The zero-order valence-electron chi connectivity index (χ0n) is 16.3. The van der Waals surface area contributed by atoms with Gasteiger partial charge in [0.25, 0.3) is 0 Å². The van der Waals surface area contributed by atoms with Gasteiger partial charge >= 0.3 is 0 Å². The Morgan fingerprint density at radius 3 is 2.39 bits per heavy atom. The smallest absolute Gasteiger partial charge is 0.220 e. The molecular weight excluding hydrogens is 355 g/mol. The molecule has 2 aromatic carbocycles. The predicted molar refractivity (Wildman–Crippen MR) is 108 cm³/mol. The topological polar surface area (TPSA) is 49.4 Å². The number of hydrogen-bond donors (Lipinski definition) is 1. The lowest BCUT2D eigenvalue weighted by atomic mass is 10.0. The van der Waals surface area contributed by atoms with Gasteiger partial charge in [0.2, 0.25) is 5.91 Å². The molecule has 3 rings (SSSR count). The summed E-state index contributed by atoms with van der Waals surface area (Å²) in [6.45, 7) is 4.31. The number of likely N-dealkylation sites (tertiary alicyclic amines) is 1. The standard InChI is InChI=1S/C23H27FN2O2/c1-17-6-2-3-7-20(17)22(27)12-13-23(28)25-16-21(26-14-4-5-15-26)18-8-10-19(24)11-9-18/h2-3,6-11,21H,4-5,12-16H2,1H3,(H,25,28). The second kappa shape index (κ2) is 9.60. The van der Waals surface area contributed by atoms with Crippen LogP contribution in [0.15, 0.2) is 48.5 Å². The minimum Gasteiger partial charge on any atom is -0.354 e. The fourth-order valence-corrected chi connectivity index (χ4v) is 3.74. The number of carbonyl (C=O) groups excluding carboxylic acids is 2. The molecule has 1 amide bonds. The van der Waals surface area contributed by atoms with Crippen LogP contribution in [0, 0.1) is 12.7 Å². The molecule has 2 aromatic rings. The molecule has 1 aliphatic rings. The first-order chi connectivity index (χ1) is 13.5. The van der Waals surface area contributed by atoms with Gasteiger partial charge in [-0.3, -0.25) is 14.5 Å². The molecular formula is C23H27FN2O2. The quantitative estimate of drug-likeness (QED) is 0.701. The maximum absolute atomic E-state index is 13.3. The largest absolute Gasteiger partial charge is 0.354 e. The molecule has 0 bridgehead atoms. The number of nitrogens with one attached hydrogen (secondary N) is 1. The SMILES string of the molecule is Cc1ccccc1C(=O)CCC(=O)NCC(c1ccc(F)cc1)N1CCCC1. The van der Waals surface area contributed by atoms with Crippen molar-refractivity contribution in [1.29, 1.82) is 0 Å². The molecule has 1 saturated heterocycles. The van der Waals surface area contributed by atoms with Crippen LogP contribution in [0.3, 0.4) is 0 Å². The Bertz CT molecular complexity index is 814. The number of aryl methyl sites for hydroxylation is 1. The lowest BCUT2D eigenvalue weighted by molar-refractivity contribution is -0.121. The Hall–Kier alpha value is -2.53. The monoisotopic (exact) mass is 382 g/mol. The highest BCUT2D eigenvalue weighted by Crippen LogP contribution is 2.25. The summed E-state index contributed by atoms with van der Waals surface area (Å²) in [5.74, 6) is -0.404. The second-order valence-electron chi connectivity index (χ2n) is 7.35. The van der Waals surface area contributed by atoms with Crippen LogP contribution in [-0.2, 0) is 4.79 Å². The first-order valence-electron chi connectivity index (χ1n) is 9.89. The van der Waals surface area contributed by atoms with Crippen LogP contribution in [0.5, 0.6) is 0 Å². The summed E-state index contributed by atoms with van der Waals surface area (Å²) in [6, 6.07) is 13.9. The molecule has 0 spiro atoms. The van der Waals surface area contributed by atoms with Crippen molar-refractivity contribution in [2.24, 2.45) is 0 Å². The third-order valence-electron chi connectivity index (χ3n) is 5.35. The normalized spacial score (nSPS) is 15.4. The Balaban J connectivity index is 1.55. The minimum atomic E-state index is -0.261. The van der Waals surface area contributed by atoms with E-state index < -0.39 is 0 Å². The lowest BCUT2D eigenvalue weighted by Gasteiger charge is -2.28. The highest BCUT2D eigenvalue weighted by atomic mass is 19.1. The van der Waals surface area contributed by atoms with Crippen LogP contribution < -0.4 is 5.32 Å². The molecule has 0 radical (unpaired) electrons. The van der Waals surface area contributed by atoms with Crippen LogP contribution >= 0.6 is 0 Å². The van der Waals surface area contributed by atoms with Gasteiger partial charge in [-0.05, 0) is 56.1 Å². The number of benzene rings is 2. The fraction of sp³-hybridized carbons (Fsp3) is 0.391. The summed E-state index contributed by atoms with van der Waals surface area (Å²) in [6.07, 6.45) is 2.64. The summed E-state index contributed by atoms with van der Waals surface area (Å²) in [5.41, 5.74) is 2.61. The molecule has 28 heavy (non-hydrogen) atoms. The number of Topliss-reactive ketones (excluding diaryl/α,β-unsaturated/α-hetero) is 1. The van der Waals surface area contributed by atoms with Crippen molar-refractivity contribution in [1.82, 2.24) is 10.2 Å². The average Bonchev–Trinajstić information content (AvgIpc) is 3.22. The van der Waals surface area contributed by atoms with Crippen molar-refractivity contribution in [3.05, 3.63) is 71.0 Å². The molecule has 5 heteroatoms. The average molecular weight is 382 g/mol. The number of amides is 1. The summed E-state index contributed by atoms with van der Waals surface area (Å²) < 4.78 is 13.3. The molecule has 1 atom stereocenters. The van der Waals surface area contributed by atoms with Gasteiger partial charge in [-0.15, -0.1) is 0 Å². The highest BCUT2D eigenvalue weighted by Gasteiger charge is 2.24. The molecule has 1 unspecified atom stereocenters. The first-order valence-corrected chi connectivity index (χ1v) is 9.89. The first kappa shape index (κ1) is 20.2. The van der Waals surface area contributed by atoms with Gasteiger partial charge in [0.15, 0.2) is 5.78 Å². The van der Waals surface area contributed by atoms with Crippen LogP contribution in [0.2, 0.25) is 0 Å². The molecule has 0 aromatic heterocycles. The predicted octanol–water partition coefficient (Wildman–Crippen LogP) is 4.05. The van der Waals surface area contributed by atoms with E-state index >= 15 is 0 Å². The molecule has 1 fully saturated rings. The summed E-state index contributed by atoms with van der Waals surface area (Å²) in [7, 11) is 0. The van der Waals surface area contributed by atoms with E-state index in [1.54, 1.807) is 18.2 Å². The number of halogens is 1. The molecule has 0 aliphatic carbocycles. The van der Waals surface area contributed by atoms with Crippen molar-refractivity contribution >= 4 is 11.7 Å². The Morgan fingerprint density at radius 2 is 1.71 bits per heavy atom. The number of nitrogens with zero attached hydrogens (tertiary/aromatic N) is 1. The van der Waals surface area contributed by atoms with E-state index in [2.05, 4.69) is 10.2 Å². The third kappa shape index (κ3) is 5.26. The summed E-state index contributed by atoms with van der Waals surface area (Å²) in [4.78, 5) is 27.0. The van der Waals surface area contributed by atoms with Crippen molar-refractivity contribution in [3.63, 3.8) is 0 Å². The van der Waals surface area contributed by atoms with Crippen LogP contribution in [0.1, 0.15) is 53.2 Å². The fourth-order valence-electron chi connectivity index (χ4n) is 3.74. The zero-order valence-corrected chi connectivity index (χ0v) is 16.3. The molecule has 0 saturated carbocycles. The van der Waals surface area contributed by atoms with Crippen molar-refractivity contribution < 1.29 is 14.0 Å². The molecule has 1 heterocycles. The van der Waals surface area contributed by atoms with E-state index in [1.807, 2.05) is 25.1 Å². The third-order valence-corrected chi connectivity index (χ3v) is 5.35. The molecule has 1 N–H and O–H groups in total. The number of ketones is 1. The van der Waals surface area contributed by atoms with E-state index in [9.17, 15) is 14.0 Å². The van der Waals surface area contributed by atoms with Crippen LogP contribution in [0.4, 0.5) is 4.39 Å². The van der Waals surface area contributed by atoms with E-state index in [-0.39, 0.29) is 36.4 Å². The Kier molecular flexibility index (Phi) is 6.93. The number of carbonyl (C=O) groups is 2. The Labute approximate surface area is 165 Å². The van der Waals surface area contributed by atoms with Gasteiger partial charge in [0.1, 0.15) is 5.82 Å². The van der Waals surface area contributed by atoms with Gasteiger partial charge in [-0.2, -0.15) is 0 Å². The van der Waals surface area contributed by atoms with Gasteiger partial charge in [-0.25, -0.2) is 4.39 Å². The molecule has 4 nitrogen and oxygen atoms in total. The lowest BCUT2D eigenvalue weighted by Crippen LogP contribution is -2.36. The van der Waals surface area contributed by atoms with Crippen molar-refractivity contribution in [2.75, 3.05) is 19.6 Å². The van der Waals surface area contributed by atoms with Gasteiger partial charge in [-0.1, -0.05) is 36.4 Å². The van der Waals surface area contributed by atoms with Crippen molar-refractivity contribution in [3.8, 4) is 0 Å². The van der Waals surface area contributed by atoms with Gasteiger partial charge < -0.3 is 5.32 Å². The summed E-state index contributed by atoms with van der Waals surface area (Å²) in [5, 5.41) is 2.97. The highest BCUT2D eigenvalue weighted by molar-refractivity contribution is 5.99. The van der Waals surface area contributed by atoms with E-state index in [0.29, 0.717) is 12.1 Å². The number of rotatable bonds is 8. The van der Waals surface area contributed by atoms with Crippen LogP contribution in [-0.4, -0.2) is 36.2 Å². The zero-order chi connectivity index (χ0) is 19.9. The maximum atomic E-state index is 13.3. The Morgan fingerprint density at radius 1 is 1.04 bits per heavy atom. The van der Waals surface area contributed by atoms with Crippen LogP contribution in [0.25, 0.3) is 0 Å². The van der Waals surface area contributed by atoms with E-state index in [1.165, 1.54) is 12.1 Å². The van der Waals surface area contributed by atoms with E-state index in [0.717, 1.165) is 37.1 Å². The van der Waals surface area contributed by atoms with Gasteiger partial charge in [0.05, 0.1) is 6.04 Å². The molecule has 148 valence electrons. The van der Waals surface area contributed by atoms with Crippen molar-refractivity contribution in [2.45, 2.75) is 38.6 Å². The van der Waals surface area contributed by atoms with Gasteiger partial charge in [0, 0.05) is 24.9 Å². The number of hydrogen-bond acceptors (Lipinski definition) is 3.